The maximum absolute atomic E-state index is 11.1. The van der Waals surface area contributed by atoms with Crippen molar-refractivity contribution in [2.24, 2.45) is 0 Å². The van der Waals surface area contributed by atoms with Gasteiger partial charge in [-0.05, 0) is 6.07 Å². The van der Waals surface area contributed by atoms with Gasteiger partial charge in [0.15, 0.2) is 4.90 Å². The molecular formula is C9H11NO3S. The molecule has 0 amide bonds. The first-order valence-corrected chi connectivity index (χ1v) is 5.19. The third-order valence-electron chi connectivity index (χ3n) is 1.57. The van der Waals surface area contributed by atoms with Gasteiger partial charge >= 0.3 is 0 Å². The minimum Gasteiger partial charge on any atom is -0.593 e. The first-order chi connectivity index (χ1) is 6.61. The highest BCUT2D eigenvalue weighted by Crippen LogP contribution is 2.20. The minimum absolute atomic E-state index is 0.739. The van der Waals surface area contributed by atoms with Gasteiger partial charge in [0.25, 0.3) is 5.97 Å². The molecule has 0 bridgehead atoms. The number of fused-ring (bicyclic) bond motifs is 1. The van der Waals surface area contributed by atoms with E-state index in [0.717, 1.165) is 23.9 Å². The molecule has 1 aliphatic rings. The van der Waals surface area contributed by atoms with Gasteiger partial charge in [0, 0.05) is 12.5 Å². The lowest BCUT2D eigenvalue weighted by Gasteiger charge is -1.99. The number of aliphatic carboxylic acids is 1. The third-order valence-corrected chi connectivity index (χ3v) is 2.77. The number of carboxylic acid groups (broad SMARTS) is 1. The van der Waals surface area contributed by atoms with Crippen molar-refractivity contribution in [1.29, 1.82) is 0 Å². The molecule has 14 heavy (non-hydrogen) atoms. The van der Waals surface area contributed by atoms with Crippen LogP contribution in [-0.4, -0.2) is 15.6 Å². The summed E-state index contributed by atoms with van der Waals surface area (Å²) in [6.07, 6.45) is 0. The van der Waals surface area contributed by atoms with Crippen LogP contribution >= 0.6 is 0 Å². The highest BCUT2D eigenvalue weighted by atomic mass is 32.2. The van der Waals surface area contributed by atoms with Gasteiger partial charge in [-0.2, -0.15) is 0 Å². The molecule has 0 spiro atoms. The molecule has 76 valence electrons. The minimum atomic E-state index is -0.948. The summed E-state index contributed by atoms with van der Waals surface area (Å²) < 4.78 is 13.9. The fraction of sp³-hybridized carbons (Fsp3) is 0.222. The van der Waals surface area contributed by atoms with E-state index in [1.807, 2.05) is 24.3 Å². The summed E-state index contributed by atoms with van der Waals surface area (Å²) in [5, 5.41) is 7.42. The van der Waals surface area contributed by atoms with Gasteiger partial charge in [0.2, 0.25) is 0 Å². The van der Waals surface area contributed by atoms with Gasteiger partial charge < -0.3 is 9.66 Å². The van der Waals surface area contributed by atoms with E-state index in [1.165, 1.54) is 0 Å². The maximum Gasteiger partial charge on any atom is 0.300 e. The molecule has 2 N–H and O–H groups in total. The van der Waals surface area contributed by atoms with Crippen LogP contribution in [0.4, 0.5) is 0 Å². The van der Waals surface area contributed by atoms with E-state index in [0.29, 0.717) is 0 Å². The molecule has 2 rings (SSSR count). The smallest absolute Gasteiger partial charge is 0.300 e. The largest absolute Gasteiger partial charge is 0.593 e. The molecule has 1 aliphatic heterocycles. The molecule has 1 heterocycles. The fourth-order valence-electron chi connectivity index (χ4n) is 1.05. The number of hydrogen-bond donors (Lipinski definition) is 2. The lowest BCUT2D eigenvalue weighted by atomic mass is 10.2. The summed E-state index contributed by atoms with van der Waals surface area (Å²) in [4.78, 5) is 9.93. The van der Waals surface area contributed by atoms with Crippen LogP contribution in [0.25, 0.3) is 0 Å². The second-order valence-electron chi connectivity index (χ2n) is 2.72. The number of rotatable bonds is 0. The molecule has 0 radical (unpaired) electrons. The first-order valence-electron chi connectivity index (χ1n) is 4.04. The molecule has 0 aromatic heterocycles. The van der Waals surface area contributed by atoms with Crippen LogP contribution in [-0.2, 0) is 22.7 Å². The quantitative estimate of drug-likeness (QED) is 0.628. The van der Waals surface area contributed by atoms with Crippen LogP contribution in [0.1, 0.15) is 12.5 Å². The second kappa shape index (κ2) is 4.99. The molecule has 5 heteroatoms. The van der Waals surface area contributed by atoms with E-state index >= 15 is 0 Å². The van der Waals surface area contributed by atoms with E-state index in [4.69, 9.17) is 9.90 Å². The summed E-state index contributed by atoms with van der Waals surface area (Å²) in [7, 11) is 0. The lowest BCUT2D eigenvalue weighted by molar-refractivity contribution is -0.134. The van der Waals surface area contributed by atoms with Crippen molar-refractivity contribution >= 4 is 17.3 Å². The normalized spacial score (nSPS) is 18.0. The first kappa shape index (κ1) is 11.0. The van der Waals surface area contributed by atoms with Crippen LogP contribution in [0.5, 0.6) is 0 Å². The lowest BCUT2D eigenvalue weighted by Crippen LogP contribution is -2.13. The van der Waals surface area contributed by atoms with E-state index in [2.05, 4.69) is 4.72 Å². The van der Waals surface area contributed by atoms with E-state index < -0.39 is 17.3 Å². The van der Waals surface area contributed by atoms with Crippen LogP contribution < -0.4 is 4.72 Å². The van der Waals surface area contributed by atoms with Gasteiger partial charge in [-0.25, -0.2) is 0 Å². The summed E-state index contributed by atoms with van der Waals surface area (Å²) in [5.74, 6) is -0.833. The van der Waals surface area contributed by atoms with Crippen molar-refractivity contribution in [3.05, 3.63) is 29.8 Å². The Morgan fingerprint density at radius 2 is 2.14 bits per heavy atom. The third kappa shape index (κ3) is 3.02. The Bertz CT molecular complexity index is 326. The zero-order valence-electron chi connectivity index (χ0n) is 7.69. The van der Waals surface area contributed by atoms with Crippen LogP contribution in [0.3, 0.4) is 0 Å². The molecule has 0 aliphatic carbocycles. The topological polar surface area (TPSA) is 72.4 Å². The number of carbonyl (C=O) groups is 1. The van der Waals surface area contributed by atoms with E-state index in [-0.39, 0.29) is 0 Å². The number of hydrogen-bond acceptors (Lipinski definition) is 3. The fourth-order valence-corrected chi connectivity index (χ4v) is 2.07. The van der Waals surface area contributed by atoms with E-state index in [1.54, 1.807) is 0 Å². The van der Waals surface area contributed by atoms with Crippen molar-refractivity contribution in [2.75, 3.05) is 0 Å². The van der Waals surface area contributed by atoms with Crippen molar-refractivity contribution in [3.8, 4) is 0 Å². The molecule has 1 aromatic rings. The zero-order chi connectivity index (χ0) is 10.6. The molecule has 0 saturated carbocycles. The molecule has 0 fully saturated rings. The summed E-state index contributed by atoms with van der Waals surface area (Å²) >= 11 is -0.948. The zero-order valence-corrected chi connectivity index (χ0v) is 8.50. The monoisotopic (exact) mass is 213 g/mol. The molecule has 0 saturated heterocycles. The average molecular weight is 213 g/mol. The van der Waals surface area contributed by atoms with Crippen LogP contribution in [0.2, 0.25) is 0 Å². The van der Waals surface area contributed by atoms with Crippen molar-refractivity contribution < 1.29 is 14.5 Å². The van der Waals surface area contributed by atoms with Crippen LogP contribution in [0.15, 0.2) is 29.2 Å². The van der Waals surface area contributed by atoms with Crippen molar-refractivity contribution in [1.82, 2.24) is 4.72 Å². The highest BCUT2D eigenvalue weighted by Gasteiger charge is 2.22. The Morgan fingerprint density at radius 1 is 1.57 bits per heavy atom. The number of carboxylic acids is 1. The van der Waals surface area contributed by atoms with Crippen molar-refractivity contribution in [2.45, 2.75) is 18.4 Å². The van der Waals surface area contributed by atoms with Crippen molar-refractivity contribution in [3.63, 3.8) is 0 Å². The Balaban J connectivity index is 0.000000213. The Morgan fingerprint density at radius 3 is 2.71 bits per heavy atom. The molecule has 1 aromatic carbocycles. The van der Waals surface area contributed by atoms with Gasteiger partial charge in [0.05, 0.1) is 17.9 Å². The maximum atomic E-state index is 11.1. The molecule has 1 unspecified atom stereocenters. The van der Waals surface area contributed by atoms with Gasteiger partial charge in [-0.3, -0.25) is 4.79 Å². The highest BCUT2D eigenvalue weighted by molar-refractivity contribution is 7.89. The Kier molecular flexibility index (Phi) is 3.94. The predicted octanol–water partition coefficient (Wildman–Crippen LogP) is 0.903. The molecule has 1 atom stereocenters. The predicted molar refractivity (Wildman–Crippen MR) is 53.0 cm³/mol. The summed E-state index contributed by atoms with van der Waals surface area (Å²) in [6, 6.07) is 7.76. The standard InChI is InChI=1S/C7H7NOS.C2H4O2/c9-10-7-4-2-1-3-6(7)5-8-10;1-2(3)4/h1-4,8H,5H2;1H3,(H,3,4). The van der Waals surface area contributed by atoms with E-state index in [9.17, 15) is 4.55 Å². The van der Waals surface area contributed by atoms with Gasteiger partial charge in [0.1, 0.15) is 0 Å². The van der Waals surface area contributed by atoms with Crippen LogP contribution in [0, 0.1) is 0 Å². The van der Waals surface area contributed by atoms with Gasteiger partial charge in [-0.1, -0.05) is 18.2 Å². The number of nitrogens with one attached hydrogen (secondary N) is 1. The molecular weight excluding hydrogens is 202 g/mol. The summed E-state index contributed by atoms with van der Waals surface area (Å²) in [5.41, 5.74) is 1.15. The average Bonchev–Trinajstić information content (AvgIpc) is 2.48. The summed E-state index contributed by atoms with van der Waals surface area (Å²) in [6.45, 7) is 1.82. The second-order valence-corrected chi connectivity index (χ2v) is 3.98. The Hall–Kier alpha value is -1.04. The van der Waals surface area contributed by atoms with Gasteiger partial charge in [-0.15, -0.1) is 4.72 Å². The Labute approximate surface area is 85.3 Å². The SMILES string of the molecule is CC(=O)O.[O-][S+]1NCc2ccccc21. The molecule has 4 nitrogen and oxygen atoms in total. The number of benzene rings is 1.